The molecule has 1 aliphatic carbocycles. The normalized spacial score (nSPS) is 28.2. The molecule has 0 heterocycles. The summed E-state index contributed by atoms with van der Waals surface area (Å²) >= 11 is 0. The highest BCUT2D eigenvalue weighted by Crippen LogP contribution is 2.26. The van der Waals surface area contributed by atoms with Crippen molar-refractivity contribution in [3.05, 3.63) is 11.6 Å². The van der Waals surface area contributed by atoms with Gasteiger partial charge in [0.25, 0.3) is 0 Å². The van der Waals surface area contributed by atoms with Crippen LogP contribution in [0.1, 0.15) is 33.1 Å². The molecule has 0 radical (unpaired) electrons. The van der Waals surface area contributed by atoms with Gasteiger partial charge in [-0.1, -0.05) is 25.0 Å². The first-order valence-corrected chi connectivity index (χ1v) is 3.48. The van der Waals surface area contributed by atoms with Gasteiger partial charge in [-0.25, -0.2) is 0 Å². The van der Waals surface area contributed by atoms with Crippen LogP contribution in [0, 0.1) is 5.92 Å². The standard InChI is InChI=1S/C8H14/c1-3-8-5-4-7(2)6-8/h4,8H,3,5-6H2,1-2H3. The molecular formula is C8H14. The van der Waals surface area contributed by atoms with Gasteiger partial charge in [0.05, 0.1) is 0 Å². The van der Waals surface area contributed by atoms with Crippen molar-refractivity contribution in [2.75, 3.05) is 0 Å². The third kappa shape index (κ3) is 1.12. The third-order valence-corrected chi connectivity index (χ3v) is 1.99. The van der Waals surface area contributed by atoms with Crippen LogP contribution in [0.2, 0.25) is 0 Å². The zero-order chi connectivity index (χ0) is 5.98. The smallest absolute Gasteiger partial charge is 0.0292 e. The van der Waals surface area contributed by atoms with Crippen LogP contribution in [-0.2, 0) is 0 Å². The van der Waals surface area contributed by atoms with Crippen molar-refractivity contribution in [1.29, 1.82) is 0 Å². The summed E-state index contributed by atoms with van der Waals surface area (Å²) in [5, 5.41) is 0. The first kappa shape index (κ1) is 5.87. The minimum atomic E-state index is 0.981. The Bertz CT molecular complexity index is 101. The molecule has 0 saturated carbocycles. The molecule has 1 unspecified atom stereocenters. The van der Waals surface area contributed by atoms with E-state index in [-0.39, 0.29) is 0 Å². The van der Waals surface area contributed by atoms with Gasteiger partial charge in [-0.05, 0) is 25.7 Å². The van der Waals surface area contributed by atoms with Crippen molar-refractivity contribution in [2.24, 2.45) is 5.92 Å². The summed E-state index contributed by atoms with van der Waals surface area (Å²) in [6.07, 6.45) is 6.42. The Morgan fingerprint density at radius 3 is 2.75 bits per heavy atom. The van der Waals surface area contributed by atoms with Crippen LogP contribution < -0.4 is 0 Å². The molecule has 46 valence electrons. The molecule has 0 fully saturated rings. The van der Waals surface area contributed by atoms with Crippen molar-refractivity contribution >= 4 is 0 Å². The monoisotopic (exact) mass is 110 g/mol. The second-order valence-electron chi connectivity index (χ2n) is 2.76. The molecule has 1 rings (SSSR count). The lowest BCUT2D eigenvalue weighted by molar-refractivity contribution is 0.543. The van der Waals surface area contributed by atoms with Crippen molar-refractivity contribution < 1.29 is 0 Å². The van der Waals surface area contributed by atoms with Gasteiger partial charge in [-0.3, -0.25) is 0 Å². The maximum atomic E-state index is 2.37. The van der Waals surface area contributed by atoms with Gasteiger partial charge in [0.2, 0.25) is 0 Å². The topological polar surface area (TPSA) is 0 Å². The SMILES string of the molecule is CCC1CC=C(C)C1. The summed E-state index contributed by atoms with van der Waals surface area (Å²) < 4.78 is 0. The maximum Gasteiger partial charge on any atom is -0.0292 e. The summed E-state index contributed by atoms with van der Waals surface area (Å²) in [5.74, 6) is 0.981. The minimum absolute atomic E-state index is 0.981. The quantitative estimate of drug-likeness (QED) is 0.455. The second-order valence-corrected chi connectivity index (χ2v) is 2.76. The van der Waals surface area contributed by atoms with Crippen LogP contribution in [-0.4, -0.2) is 0 Å². The van der Waals surface area contributed by atoms with E-state index < -0.39 is 0 Å². The highest BCUT2D eigenvalue weighted by atomic mass is 14.2. The summed E-state index contributed by atoms with van der Waals surface area (Å²) in [4.78, 5) is 0. The number of hydrogen-bond acceptors (Lipinski definition) is 0. The van der Waals surface area contributed by atoms with Crippen LogP contribution in [0.3, 0.4) is 0 Å². The summed E-state index contributed by atoms with van der Waals surface area (Å²) in [6.45, 7) is 4.51. The molecule has 0 spiro atoms. The molecule has 0 bridgehead atoms. The molecule has 0 saturated heterocycles. The first-order chi connectivity index (χ1) is 3.83. The van der Waals surface area contributed by atoms with E-state index in [1.165, 1.54) is 19.3 Å². The van der Waals surface area contributed by atoms with Crippen LogP contribution in [0.15, 0.2) is 11.6 Å². The molecule has 0 aliphatic heterocycles. The Balaban J connectivity index is 2.32. The Morgan fingerprint density at radius 2 is 2.50 bits per heavy atom. The van der Waals surface area contributed by atoms with E-state index in [0.29, 0.717) is 0 Å². The lowest BCUT2D eigenvalue weighted by atomic mass is 10.0. The molecule has 0 heteroatoms. The largest absolute Gasteiger partial charge is 0.0853 e. The van der Waals surface area contributed by atoms with Crippen LogP contribution in [0.25, 0.3) is 0 Å². The van der Waals surface area contributed by atoms with Crippen LogP contribution in [0.4, 0.5) is 0 Å². The molecular weight excluding hydrogens is 96.1 g/mol. The predicted molar refractivity (Wildman–Crippen MR) is 36.8 cm³/mol. The fraction of sp³-hybridized carbons (Fsp3) is 0.750. The van der Waals surface area contributed by atoms with Gasteiger partial charge < -0.3 is 0 Å². The van der Waals surface area contributed by atoms with E-state index in [9.17, 15) is 0 Å². The molecule has 0 aromatic carbocycles. The van der Waals surface area contributed by atoms with E-state index in [1.54, 1.807) is 5.57 Å². The van der Waals surface area contributed by atoms with Crippen molar-refractivity contribution in [2.45, 2.75) is 33.1 Å². The molecule has 1 atom stereocenters. The molecule has 1 aliphatic rings. The highest BCUT2D eigenvalue weighted by molar-refractivity contribution is 5.06. The number of rotatable bonds is 1. The Morgan fingerprint density at radius 1 is 1.75 bits per heavy atom. The molecule has 0 aromatic rings. The molecule has 0 amide bonds. The van der Waals surface area contributed by atoms with Crippen molar-refractivity contribution in [3.63, 3.8) is 0 Å². The summed E-state index contributed by atoms with van der Waals surface area (Å²) in [5.41, 5.74) is 1.59. The van der Waals surface area contributed by atoms with Crippen LogP contribution in [0.5, 0.6) is 0 Å². The fourth-order valence-corrected chi connectivity index (χ4v) is 1.30. The zero-order valence-corrected chi connectivity index (χ0v) is 5.78. The maximum absolute atomic E-state index is 2.37. The molecule has 0 N–H and O–H groups in total. The van der Waals surface area contributed by atoms with Gasteiger partial charge in [-0.2, -0.15) is 0 Å². The Kier molecular flexibility index (Phi) is 1.72. The average Bonchev–Trinajstić information content (AvgIpc) is 2.14. The Hall–Kier alpha value is -0.260. The van der Waals surface area contributed by atoms with E-state index in [2.05, 4.69) is 19.9 Å². The van der Waals surface area contributed by atoms with Crippen molar-refractivity contribution in [3.8, 4) is 0 Å². The van der Waals surface area contributed by atoms with Gasteiger partial charge in [0.15, 0.2) is 0 Å². The molecule has 0 nitrogen and oxygen atoms in total. The first-order valence-electron chi connectivity index (χ1n) is 3.48. The fourth-order valence-electron chi connectivity index (χ4n) is 1.30. The third-order valence-electron chi connectivity index (χ3n) is 1.99. The second kappa shape index (κ2) is 2.34. The minimum Gasteiger partial charge on any atom is -0.0853 e. The van der Waals surface area contributed by atoms with E-state index in [4.69, 9.17) is 0 Å². The highest BCUT2D eigenvalue weighted by Gasteiger charge is 2.10. The van der Waals surface area contributed by atoms with Crippen LogP contribution >= 0.6 is 0 Å². The van der Waals surface area contributed by atoms with Crippen molar-refractivity contribution in [1.82, 2.24) is 0 Å². The number of hydrogen-bond donors (Lipinski definition) is 0. The lowest BCUT2D eigenvalue weighted by Gasteiger charge is -2.02. The zero-order valence-electron chi connectivity index (χ0n) is 5.78. The summed E-state index contributed by atoms with van der Waals surface area (Å²) in [6, 6.07) is 0. The van der Waals surface area contributed by atoms with Gasteiger partial charge in [-0.15, -0.1) is 0 Å². The van der Waals surface area contributed by atoms with Gasteiger partial charge >= 0.3 is 0 Å². The number of allylic oxidation sites excluding steroid dienone is 2. The van der Waals surface area contributed by atoms with E-state index >= 15 is 0 Å². The predicted octanol–water partition coefficient (Wildman–Crippen LogP) is 2.75. The van der Waals surface area contributed by atoms with Gasteiger partial charge in [0.1, 0.15) is 0 Å². The molecule has 0 aromatic heterocycles. The van der Waals surface area contributed by atoms with Gasteiger partial charge in [0, 0.05) is 0 Å². The summed E-state index contributed by atoms with van der Waals surface area (Å²) in [7, 11) is 0. The lowest BCUT2D eigenvalue weighted by Crippen LogP contribution is -1.89. The van der Waals surface area contributed by atoms with E-state index in [1.807, 2.05) is 0 Å². The Labute approximate surface area is 51.6 Å². The molecule has 8 heavy (non-hydrogen) atoms. The average molecular weight is 110 g/mol. The van der Waals surface area contributed by atoms with E-state index in [0.717, 1.165) is 5.92 Å².